The molecule has 2 N–H and O–H groups in total. The van der Waals surface area contributed by atoms with Crippen molar-refractivity contribution in [2.75, 3.05) is 5.73 Å². The van der Waals surface area contributed by atoms with Gasteiger partial charge < -0.3 is 5.73 Å². The van der Waals surface area contributed by atoms with Crippen LogP contribution in [0.15, 0.2) is 71.1 Å². The predicted octanol–water partition coefficient (Wildman–Crippen LogP) is 4.04. The standard InChI is InChI=1S/C20H14ClN7S/c21-16-8-6-14(7-9-16)18-26-27-20(28(18)12-13-4-2-1-3-5-13)29-19-24-11-15(10-22)17(23)25-19/h1-9,11H,12H2,(H2,23,24,25). The molecule has 0 unspecified atom stereocenters. The fourth-order valence-corrected chi connectivity index (χ4v) is 3.56. The molecule has 9 heteroatoms. The molecular formula is C20H14ClN7S. The monoisotopic (exact) mass is 419 g/mol. The van der Waals surface area contributed by atoms with Crippen molar-refractivity contribution in [2.24, 2.45) is 0 Å². The first-order chi connectivity index (χ1) is 14.1. The van der Waals surface area contributed by atoms with Crippen LogP contribution in [0.1, 0.15) is 11.1 Å². The lowest BCUT2D eigenvalue weighted by molar-refractivity contribution is 0.712. The second kappa shape index (κ2) is 8.31. The largest absolute Gasteiger partial charge is 0.382 e. The number of nitrogen functional groups attached to an aromatic ring is 1. The highest BCUT2D eigenvalue weighted by atomic mass is 35.5. The zero-order valence-corrected chi connectivity index (χ0v) is 16.6. The third kappa shape index (κ3) is 4.21. The minimum absolute atomic E-state index is 0.136. The summed E-state index contributed by atoms with van der Waals surface area (Å²) in [4.78, 5) is 8.39. The molecule has 0 amide bonds. The SMILES string of the molecule is N#Cc1cnc(Sc2nnc(-c3ccc(Cl)cc3)n2Cc2ccccc2)nc1N. The van der Waals surface area contributed by atoms with Gasteiger partial charge in [0.05, 0.1) is 12.7 Å². The predicted molar refractivity (Wildman–Crippen MR) is 111 cm³/mol. The van der Waals surface area contributed by atoms with Gasteiger partial charge in [0.1, 0.15) is 17.5 Å². The lowest BCUT2D eigenvalue weighted by Crippen LogP contribution is -2.05. The number of aromatic nitrogens is 5. The van der Waals surface area contributed by atoms with Gasteiger partial charge in [-0.15, -0.1) is 10.2 Å². The van der Waals surface area contributed by atoms with Crippen molar-refractivity contribution in [3.05, 3.63) is 76.9 Å². The number of rotatable bonds is 5. The molecule has 0 spiro atoms. The molecular weight excluding hydrogens is 406 g/mol. The minimum atomic E-state index is 0.136. The number of hydrogen-bond donors (Lipinski definition) is 1. The molecule has 2 aromatic heterocycles. The Balaban J connectivity index is 1.74. The lowest BCUT2D eigenvalue weighted by atomic mass is 10.2. The number of halogens is 1. The molecule has 7 nitrogen and oxygen atoms in total. The van der Waals surface area contributed by atoms with Crippen LogP contribution in [0.2, 0.25) is 5.02 Å². The number of nitrogens with zero attached hydrogens (tertiary/aromatic N) is 6. The average Bonchev–Trinajstić information content (AvgIpc) is 3.11. The Hall–Kier alpha value is -3.41. The number of hydrogen-bond acceptors (Lipinski definition) is 7. The number of nitriles is 1. The van der Waals surface area contributed by atoms with E-state index >= 15 is 0 Å². The number of nitrogens with two attached hydrogens (primary N) is 1. The van der Waals surface area contributed by atoms with Crippen molar-refractivity contribution in [3.8, 4) is 17.5 Å². The molecule has 0 aliphatic carbocycles. The van der Waals surface area contributed by atoms with E-state index in [2.05, 4.69) is 20.2 Å². The quantitative estimate of drug-likeness (QED) is 0.486. The molecule has 4 aromatic rings. The van der Waals surface area contributed by atoms with Crippen LogP contribution in [0.5, 0.6) is 0 Å². The van der Waals surface area contributed by atoms with Gasteiger partial charge in [-0.1, -0.05) is 41.9 Å². The fraction of sp³-hybridized carbons (Fsp3) is 0.0500. The number of anilines is 1. The van der Waals surface area contributed by atoms with Gasteiger partial charge in [0.2, 0.25) is 0 Å². The summed E-state index contributed by atoms with van der Waals surface area (Å²) in [5, 5.41) is 19.4. The minimum Gasteiger partial charge on any atom is -0.382 e. The second-order valence-corrected chi connectivity index (χ2v) is 7.42. The zero-order valence-electron chi connectivity index (χ0n) is 15.0. The molecule has 0 saturated heterocycles. The summed E-state index contributed by atoms with van der Waals surface area (Å²) in [6.45, 7) is 0.569. The molecule has 2 aromatic carbocycles. The maximum atomic E-state index is 9.00. The van der Waals surface area contributed by atoms with E-state index in [4.69, 9.17) is 22.6 Å². The van der Waals surface area contributed by atoms with Crippen LogP contribution in [0.4, 0.5) is 5.82 Å². The van der Waals surface area contributed by atoms with Gasteiger partial charge in [-0.25, -0.2) is 9.97 Å². The molecule has 142 valence electrons. The van der Waals surface area contributed by atoms with Crippen molar-refractivity contribution in [2.45, 2.75) is 16.9 Å². The fourth-order valence-electron chi connectivity index (χ4n) is 2.68. The van der Waals surface area contributed by atoms with Crippen molar-refractivity contribution in [1.82, 2.24) is 24.7 Å². The van der Waals surface area contributed by atoms with Crippen LogP contribution in [0.25, 0.3) is 11.4 Å². The van der Waals surface area contributed by atoms with E-state index in [0.717, 1.165) is 11.1 Å². The van der Waals surface area contributed by atoms with Crippen LogP contribution in [-0.4, -0.2) is 24.7 Å². The Kier molecular flexibility index (Phi) is 5.42. The highest BCUT2D eigenvalue weighted by Gasteiger charge is 2.17. The Morgan fingerprint density at radius 1 is 1.07 bits per heavy atom. The Bertz CT molecular complexity index is 1180. The van der Waals surface area contributed by atoms with Crippen molar-refractivity contribution in [3.63, 3.8) is 0 Å². The molecule has 0 fully saturated rings. The van der Waals surface area contributed by atoms with Crippen LogP contribution in [0, 0.1) is 11.3 Å². The van der Waals surface area contributed by atoms with Crippen molar-refractivity contribution < 1.29 is 0 Å². The van der Waals surface area contributed by atoms with E-state index in [-0.39, 0.29) is 11.4 Å². The molecule has 0 radical (unpaired) electrons. The summed E-state index contributed by atoms with van der Waals surface area (Å²) in [6.07, 6.45) is 1.41. The summed E-state index contributed by atoms with van der Waals surface area (Å²) in [6, 6.07) is 19.4. The average molecular weight is 420 g/mol. The van der Waals surface area contributed by atoms with Gasteiger partial charge in [-0.2, -0.15) is 5.26 Å². The highest BCUT2D eigenvalue weighted by Crippen LogP contribution is 2.29. The molecule has 0 bridgehead atoms. The van der Waals surface area contributed by atoms with E-state index in [0.29, 0.717) is 27.7 Å². The van der Waals surface area contributed by atoms with E-state index in [1.54, 1.807) is 0 Å². The number of benzene rings is 2. The molecule has 0 saturated carbocycles. The molecule has 0 aliphatic heterocycles. The molecule has 0 atom stereocenters. The summed E-state index contributed by atoms with van der Waals surface area (Å²) in [5.41, 5.74) is 8.05. The first-order valence-corrected chi connectivity index (χ1v) is 9.77. The van der Waals surface area contributed by atoms with Crippen LogP contribution in [0.3, 0.4) is 0 Å². The summed E-state index contributed by atoms with van der Waals surface area (Å²) in [7, 11) is 0. The molecule has 4 rings (SSSR count). The highest BCUT2D eigenvalue weighted by molar-refractivity contribution is 7.99. The van der Waals surface area contributed by atoms with E-state index in [9.17, 15) is 0 Å². The van der Waals surface area contributed by atoms with Crippen LogP contribution in [-0.2, 0) is 6.54 Å². The van der Waals surface area contributed by atoms with Crippen molar-refractivity contribution in [1.29, 1.82) is 5.26 Å². The Morgan fingerprint density at radius 3 is 2.52 bits per heavy atom. The Morgan fingerprint density at radius 2 is 1.83 bits per heavy atom. The van der Waals surface area contributed by atoms with Crippen molar-refractivity contribution >= 4 is 29.2 Å². The molecule has 29 heavy (non-hydrogen) atoms. The van der Waals surface area contributed by atoms with E-state index < -0.39 is 0 Å². The smallest absolute Gasteiger partial charge is 0.199 e. The van der Waals surface area contributed by atoms with Gasteiger partial charge in [0, 0.05) is 10.6 Å². The van der Waals surface area contributed by atoms with Gasteiger partial charge in [-0.3, -0.25) is 4.57 Å². The third-order valence-corrected chi connectivity index (χ3v) is 5.22. The van der Waals surface area contributed by atoms with Crippen LogP contribution < -0.4 is 5.73 Å². The second-order valence-electron chi connectivity index (χ2n) is 6.05. The zero-order chi connectivity index (χ0) is 20.2. The summed E-state index contributed by atoms with van der Waals surface area (Å²) >= 11 is 7.26. The van der Waals surface area contributed by atoms with Gasteiger partial charge >= 0.3 is 0 Å². The maximum absolute atomic E-state index is 9.00. The first-order valence-electron chi connectivity index (χ1n) is 8.57. The maximum Gasteiger partial charge on any atom is 0.199 e. The summed E-state index contributed by atoms with van der Waals surface area (Å²) < 4.78 is 1.99. The topological polar surface area (TPSA) is 106 Å². The normalized spacial score (nSPS) is 10.6. The lowest BCUT2D eigenvalue weighted by Gasteiger charge is -2.10. The first kappa shape index (κ1) is 18.9. The molecule has 2 heterocycles. The van der Waals surface area contributed by atoms with Gasteiger partial charge in [0.15, 0.2) is 16.1 Å². The van der Waals surface area contributed by atoms with E-state index in [1.165, 1.54) is 18.0 Å². The Labute approximate surface area is 176 Å². The molecule has 0 aliphatic rings. The third-order valence-electron chi connectivity index (χ3n) is 4.10. The summed E-state index contributed by atoms with van der Waals surface area (Å²) in [5.74, 6) is 0.840. The van der Waals surface area contributed by atoms with Gasteiger partial charge in [-0.05, 0) is 41.6 Å². The van der Waals surface area contributed by atoms with Crippen LogP contribution >= 0.6 is 23.4 Å². The van der Waals surface area contributed by atoms with E-state index in [1.807, 2.05) is 65.2 Å². The van der Waals surface area contributed by atoms with Gasteiger partial charge in [0.25, 0.3) is 0 Å².